The Morgan fingerprint density at radius 3 is 1.19 bits per heavy atom. The lowest BCUT2D eigenvalue weighted by atomic mass is 9.84. The first kappa shape index (κ1) is 12.7. The van der Waals surface area contributed by atoms with Crippen molar-refractivity contribution in [2.45, 2.75) is 27.7 Å². The molecule has 2 nitrogen and oxygen atoms in total. The molecule has 0 aromatic heterocycles. The Hall–Kier alpha value is -1.32. The van der Waals surface area contributed by atoms with E-state index < -0.39 is 35.1 Å². The molecule has 0 aromatic carbocycles. The third kappa shape index (κ3) is 1.84. The number of hydrogen-bond donors (Lipinski definition) is 0. The van der Waals surface area contributed by atoms with E-state index in [0.717, 1.165) is 0 Å². The van der Waals surface area contributed by atoms with Crippen molar-refractivity contribution in [1.82, 2.24) is 0 Å². The molecule has 16 heavy (non-hydrogen) atoms. The van der Waals surface area contributed by atoms with Crippen LogP contribution in [0.3, 0.4) is 0 Å². The second-order valence-electron chi connectivity index (χ2n) is 4.42. The number of halogens is 2. The van der Waals surface area contributed by atoms with Crippen LogP contribution in [0.4, 0.5) is 8.78 Å². The molecule has 0 saturated carbocycles. The summed E-state index contributed by atoms with van der Waals surface area (Å²) in [7, 11) is 0. The molecule has 0 aromatic rings. The van der Waals surface area contributed by atoms with E-state index in [2.05, 4.69) is 0 Å². The standard InChI is InChI=1S/C12H14F2O2/c1-5(2)7-9(13)10(14)8(6(3)4)12(16)11(7)15/h5-6H,1-4H3. The zero-order valence-corrected chi connectivity index (χ0v) is 9.73. The van der Waals surface area contributed by atoms with Crippen LogP contribution in [0, 0.1) is 11.8 Å². The van der Waals surface area contributed by atoms with Crippen molar-refractivity contribution >= 4 is 11.6 Å². The lowest BCUT2D eigenvalue weighted by molar-refractivity contribution is -0.133. The number of Topliss-reactive ketones (excluding diaryl/α,β-unsaturated/α-hetero) is 2. The summed E-state index contributed by atoms with van der Waals surface area (Å²) in [6, 6.07) is 0. The fourth-order valence-electron chi connectivity index (χ4n) is 1.71. The largest absolute Gasteiger partial charge is 0.285 e. The zero-order valence-electron chi connectivity index (χ0n) is 9.73. The fourth-order valence-corrected chi connectivity index (χ4v) is 1.71. The van der Waals surface area contributed by atoms with Crippen LogP contribution in [0.2, 0.25) is 0 Å². The normalized spacial score (nSPS) is 18.2. The molecule has 0 atom stereocenters. The summed E-state index contributed by atoms with van der Waals surface area (Å²) in [5, 5.41) is 0. The van der Waals surface area contributed by atoms with Gasteiger partial charge in [-0.2, -0.15) is 0 Å². The molecule has 0 unspecified atom stereocenters. The minimum absolute atomic E-state index is 0.355. The summed E-state index contributed by atoms with van der Waals surface area (Å²) >= 11 is 0. The van der Waals surface area contributed by atoms with E-state index in [1.165, 1.54) is 0 Å². The maximum Gasteiger partial charge on any atom is 0.232 e. The number of carbonyl (C=O) groups is 2. The molecule has 88 valence electrons. The first-order valence-corrected chi connectivity index (χ1v) is 5.17. The van der Waals surface area contributed by atoms with E-state index >= 15 is 0 Å². The first-order valence-electron chi connectivity index (χ1n) is 5.17. The van der Waals surface area contributed by atoms with Crippen molar-refractivity contribution in [1.29, 1.82) is 0 Å². The Morgan fingerprint density at radius 1 is 0.750 bits per heavy atom. The summed E-state index contributed by atoms with van der Waals surface area (Å²) in [6.45, 7) is 6.20. The van der Waals surface area contributed by atoms with Gasteiger partial charge in [0.25, 0.3) is 0 Å². The first-order chi connectivity index (χ1) is 7.29. The van der Waals surface area contributed by atoms with E-state index in [1.54, 1.807) is 27.7 Å². The van der Waals surface area contributed by atoms with Gasteiger partial charge in [-0.15, -0.1) is 0 Å². The summed E-state index contributed by atoms with van der Waals surface area (Å²) in [5.41, 5.74) is -0.709. The smallest absolute Gasteiger partial charge is 0.232 e. The average molecular weight is 228 g/mol. The van der Waals surface area contributed by atoms with Crippen LogP contribution in [0.15, 0.2) is 22.8 Å². The van der Waals surface area contributed by atoms with Crippen LogP contribution in [-0.2, 0) is 9.59 Å². The Balaban J connectivity index is 3.46. The van der Waals surface area contributed by atoms with Crippen LogP contribution < -0.4 is 0 Å². The molecule has 0 amide bonds. The highest BCUT2D eigenvalue weighted by atomic mass is 19.2. The van der Waals surface area contributed by atoms with E-state index in [9.17, 15) is 18.4 Å². The fraction of sp³-hybridized carbons (Fsp3) is 0.500. The monoisotopic (exact) mass is 228 g/mol. The van der Waals surface area contributed by atoms with Gasteiger partial charge in [-0.05, 0) is 11.8 Å². The maximum absolute atomic E-state index is 13.6. The number of carbonyl (C=O) groups excluding carboxylic acids is 2. The maximum atomic E-state index is 13.6. The molecular formula is C12H14F2O2. The topological polar surface area (TPSA) is 34.1 Å². The average Bonchev–Trinajstić information content (AvgIpc) is 2.14. The second-order valence-corrected chi connectivity index (χ2v) is 4.42. The van der Waals surface area contributed by atoms with Crippen molar-refractivity contribution < 1.29 is 18.4 Å². The Bertz CT molecular complexity index is 375. The van der Waals surface area contributed by atoms with Crippen molar-refractivity contribution in [2.75, 3.05) is 0 Å². The quantitative estimate of drug-likeness (QED) is 0.538. The minimum Gasteiger partial charge on any atom is -0.285 e. The molecule has 0 aliphatic heterocycles. The summed E-state index contributed by atoms with van der Waals surface area (Å²) in [6.07, 6.45) is 0. The third-order valence-electron chi connectivity index (χ3n) is 2.52. The van der Waals surface area contributed by atoms with Crippen molar-refractivity contribution in [3.05, 3.63) is 22.8 Å². The molecule has 1 aliphatic rings. The molecule has 4 heteroatoms. The van der Waals surface area contributed by atoms with Crippen LogP contribution in [0.5, 0.6) is 0 Å². The van der Waals surface area contributed by atoms with Gasteiger partial charge < -0.3 is 0 Å². The van der Waals surface area contributed by atoms with Gasteiger partial charge >= 0.3 is 0 Å². The van der Waals surface area contributed by atoms with Crippen LogP contribution in [0.1, 0.15) is 27.7 Å². The van der Waals surface area contributed by atoms with Gasteiger partial charge in [0.2, 0.25) is 11.6 Å². The molecule has 0 fully saturated rings. The summed E-state index contributed by atoms with van der Waals surface area (Å²) in [4.78, 5) is 23.2. The third-order valence-corrected chi connectivity index (χ3v) is 2.52. The van der Waals surface area contributed by atoms with E-state index in [-0.39, 0.29) is 11.1 Å². The van der Waals surface area contributed by atoms with Gasteiger partial charge in [0, 0.05) is 11.1 Å². The van der Waals surface area contributed by atoms with Crippen molar-refractivity contribution in [3.63, 3.8) is 0 Å². The lowest BCUT2D eigenvalue weighted by Gasteiger charge is -2.19. The summed E-state index contributed by atoms with van der Waals surface area (Å²) < 4.78 is 27.2. The van der Waals surface area contributed by atoms with Crippen molar-refractivity contribution in [3.8, 4) is 0 Å². The van der Waals surface area contributed by atoms with Gasteiger partial charge in [-0.25, -0.2) is 8.78 Å². The van der Waals surface area contributed by atoms with Gasteiger partial charge in [0.05, 0.1) is 0 Å². The van der Waals surface area contributed by atoms with Crippen LogP contribution in [0.25, 0.3) is 0 Å². The Labute approximate surface area is 93.0 Å². The number of rotatable bonds is 2. The minimum atomic E-state index is -1.18. The zero-order chi connectivity index (χ0) is 12.6. The number of allylic oxidation sites excluding steroid dienone is 4. The molecule has 0 saturated heterocycles. The molecule has 0 bridgehead atoms. The molecule has 0 radical (unpaired) electrons. The molecule has 0 heterocycles. The van der Waals surface area contributed by atoms with Gasteiger partial charge in [0.15, 0.2) is 11.7 Å². The van der Waals surface area contributed by atoms with Gasteiger partial charge in [-0.3, -0.25) is 9.59 Å². The highest BCUT2D eigenvalue weighted by Gasteiger charge is 2.37. The van der Waals surface area contributed by atoms with E-state index in [0.29, 0.717) is 0 Å². The number of ketones is 2. The molecule has 1 rings (SSSR count). The number of hydrogen-bond acceptors (Lipinski definition) is 2. The highest BCUT2D eigenvalue weighted by molar-refractivity contribution is 6.50. The van der Waals surface area contributed by atoms with Crippen molar-refractivity contribution in [2.24, 2.45) is 11.8 Å². The molecule has 0 spiro atoms. The predicted octanol–water partition coefficient (Wildman–Crippen LogP) is 2.90. The highest BCUT2D eigenvalue weighted by Crippen LogP contribution is 2.34. The Morgan fingerprint density at radius 2 is 1.00 bits per heavy atom. The molecule has 0 N–H and O–H groups in total. The van der Waals surface area contributed by atoms with E-state index in [4.69, 9.17) is 0 Å². The second kappa shape index (κ2) is 4.28. The Kier molecular flexibility index (Phi) is 3.41. The molecular weight excluding hydrogens is 214 g/mol. The van der Waals surface area contributed by atoms with Gasteiger partial charge in [0.1, 0.15) is 0 Å². The summed E-state index contributed by atoms with van der Waals surface area (Å²) in [5.74, 6) is -5.20. The van der Waals surface area contributed by atoms with Gasteiger partial charge in [-0.1, -0.05) is 27.7 Å². The predicted molar refractivity (Wildman–Crippen MR) is 56.0 cm³/mol. The SMILES string of the molecule is CC(C)C1=C(F)C(F)=C(C(C)C)C(=O)C1=O. The molecule has 1 aliphatic carbocycles. The lowest BCUT2D eigenvalue weighted by Crippen LogP contribution is -2.29. The van der Waals surface area contributed by atoms with E-state index in [1.807, 2.05) is 0 Å². The van der Waals surface area contributed by atoms with Crippen LogP contribution in [-0.4, -0.2) is 11.6 Å². The van der Waals surface area contributed by atoms with Crippen LogP contribution >= 0.6 is 0 Å².